The first-order chi connectivity index (χ1) is 12.9. The van der Waals surface area contributed by atoms with Crippen molar-refractivity contribution in [2.45, 2.75) is 27.7 Å². The molecule has 0 saturated carbocycles. The van der Waals surface area contributed by atoms with Gasteiger partial charge in [0.15, 0.2) is 0 Å². The monoisotopic (exact) mass is 360 g/mol. The second-order valence-electron chi connectivity index (χ2n) is 6.74. The maximum Gasteiger partial charge on any atom is 0.337 e. The number of anilines is 3. The number of benzene rings is 3. The van der Waals surface area contributed by atoms with Gasteiger partial charge in [-0.15, -0.1) is 0 Å². The van der Waals surface area contributed by atoms with E-state index in [-0.39, 0.29) is 5.56 Å². The fourth-order valence-electron chi connectivity index (χ4n) is 3.07. The number of carboxylic acid groups (broad SMARTS) is 1. The lowest BCUT2D eigenvalue weighted by Gasteiger charge is -2.30. The molecule has 4 nitrogen and oxygen atoms in total. The second kappa shape index (κ2) is 7.54. The van der Waals surface area contributed by atoms with E-state index in [0.717, 1.165) is 28.1 Å². The Balaban J connectivity index is 2.20. The molecule has 3 rings (SSSR count). The van der Waals surface area contributed by atoms with E-state index < -0.39 is 5.97 Å². The zero-order valence-corrected chi connectivity index (χ0v) is 16.1. The minimum atomic E-state index is -0.955. The van der Waals surface area contributed by atoms with E-state index in [4.69, 9.17) is 0 Å². The van der Waals surface area contributed by atoms with Crippen LogP contribution in [0, 0.1) is 27.7 Å². The average Bonchev–Trinajstić information content (AvgIpc) is 2.65. The summed E-state index contributed by atoms with van der Waals surface area (Å²) in [6.45, 7) is 8.22. The van der Waals surface area contributed by atoms with Crippen molar-refractivity contribution in [3.05, 3.63) is 88.5 Å². The predicted molar refractivity (Wildman–Crippen MR) is 111 cm³/mol. The van der Waals surface area contributed by atoms with Crippen molar-refractivity contribution in [2.75, 3.05) is 10.4 Å². The lowest BCUT2D eigenvalue weighted by atomic mass is 10.1. The molecular weight excluding hydrogens is 336 g/mol. The van der Waals surface area contributed by atoms with Crippen LogP contribution >= 0.6 is 0 Å². The molecule has 0 heterocycles. The Morgan fingerprint density at radius 3 is 2.07 bits per heavy atom. The maximum atomic E-state index is 11.8. The van der Waals surface area contributed by atoms with Crippen LogP contribution in [0.1, 0.15) is 32.6 Å². The number of aromatic carboxylic acids is 1. The number of nitrogens with one attached hydrogen (secondary N) is 1. The molecular formula is C23H24N2O2. The van der Waals surface area contributed by atoms with Crippen LogP contribution in [0.2, 0.25) is 0 Å². The summed E-state index contributed by atoms with van der Waals surface area (Å²) in [5.74, 6) is -0.955. The van der Waals surface area contributed by atoms with E-state index in [1.54, 1.807) is 12.1 Å². The molecule has 0 aromatic heterocycles. The molecule has 3 aromatic rings. The van der Waals surface area contributed by atoms with E-state index in [9.17, 15) is 9.90 Å². The van der Waals surface area contributed by atoms with Crippen molar-refractivity contribution in [2.24, 2.45) is 0 Å². The average molecular weight is 360 g/mol. The summed E-state index contributed by atoms with van der Waals surface area (Å²) in [6.07, 6.45) is 0. The fourth-order valence-corrected chi connectivity index (χ4v) is 3.07. The summed E-state index contributed by atoms with van der Waals surface area (Å²) in [5.41, 5.74) is 10.7. The third-order valence-corrected chi connectivity index (χ3v) is 5.03. The topological polar surface area (TPSA) is 52.6 Å². The molecule has 27 heavy (non-hydrogen) atoms. The van der Waals surface area contributed by atoms with Gasteiger partial charge in [-0.25, -0.2) is 4.79 Å². The fraction of sp³-hybridized carbons (Fsp3) is 0.174. The summed E-state index contributed by atoms with van der Waals surface area (Å²) < 4.78 is 0. The Morgan fingerprint density at radius 2 is 1.37 bits per heavy atom. The maximum absolute atomic E-state index is 11.8. The van der Waals surface area contributed by atoms with Gasteiger partial charge in [-0.3, -0.25) is 10.4 Å². The molecule has 0 bridgehead atoms. The van der Waals surface area contributed by atoms with Crippen LogP contribution in [0.3, 0.4) is 0 Å². The number of aryl methyl sites for hydroxylation is 2. The first-order valence-electron chi connectivity index (χ1n) is 8.91. The highest BCUT2D eigenvalue weighted by atomic mass is 16.4. The predicted octanol–water partition coefficient (Wildman–Crippen LogP) is 5.78. The zero-order chi connectivity index (χ0) is 19.6. The highest BCUT2D eigenvalue weighted by Crippen LogP contribution is 2.33. The molecule has 0 fully saturated rings. The molecule has 0 amide bonds. The second-order valence-corrected chi connectivity index (χ2v) is 6.74. The highest BCUT2D eigenvalue weighted by molar-refractivity contribution is 5.96. The minimum absolute atomic E-state index is 0.246. The molecule has 138 valence electrons. The molecule has 0 unspecified atom stereocenters. The quantitative estimate of drug-likeness (QED) is 0.566. The Bertz CT molecular complexity index is 995. The molecule has 0 saturated heterocycles. The number of nitrogens with zero attached hydrogens (tertiary/aromatic N) is 1. The van der Waals surface area contributed by atoms with Crippen LogP contribution in [0.25, 0.3) is 0 Å². The summed E-state index contributed by atoms with van der Waals surface area (Å²) in [7, 11) is 0. The van der Waals surface area contributed by atoms with Crippen molar-refractivity contribution in [3.8, 4) is 0 Å². The summed E-state index contributed by atoms with van der Waals surface area (Å²) in [6, 6.07) is 19.1. The van der Waals surface area contributed by atoms with E-state index in [1.807, 2.05) is 48.3 Å². The van der Waals surface area contributed by atoms with Gasteiger partial charge < -0.3 is 5.11 Å². The number of para-hydroxylation sites is 1. The Morgan fingerprint density at radius 1 is 0.778 bits per heavy atom. The number of carboxylic acids is 1. The Hall–Kier alpha value is -3.27. The number of hydrogen-bond donors (Lipinski definition) is 2. The summed E-state index contributed by atoms with van der Waals surface area (Å²) >= 11 is 0. The lowest BCUT2D eigenvalue weighted by molar-refractivity contribution is 0.0697. The molecule has 0 radical (unpaired) electrons. The molecule has 2 N–H and O–H groups in total. The first-order valence-corrected chi connectivity index (χ1v) is 8.91. The van der Waals surface area contributed by atoms with E-state index in [1.165, 1.54) is 5.56 Å². The van der Waals surface area contributed by atoms with Gasteiger partial charge in [0.2, 0.25) is 0 Å². The van der Waals surface area contributed by atoms with Crippen LogP contribution in [0.15, 0.2) is 60.7 Å². The lowest BCUT2D eigenvalue weighted by Crippen LogP contribution is -2.27. The van der Waals surface area contributed by atoms with Crippen molar-refractivity contribution >= 4 is 23.0 Å². The van der Waals surface area contributed by atoms with Gasteiger partial charge in [-0.1, -0.05) is 36.4 Å². The molecule has 0 spiro atoms. The molecule has 0 aliphatic carbocycles. The molecule has 0 aliphatic rings. The molecule has 0 aliphatic heterocycles. The van der Waals surface area contributed by atoms with Crippen LogP contribution < -0.4 is 10.4 Å². The highest BCUT2D eigenvalue weighted by Gasteiger charge is 2.20. The molecule has 0 atom stereocenters. The van der Waals surface area contributed by atoms with Crippen molar-refractivity contribution in [1.82, 2.24) is 0 Å². The minimum Gasteiger partial charge on any atom is -0.478 e. The van der Waals surface area contributed by atoms with Gasteiger partial charge in [0, 0.05) is 0 Å². The normalized spacial score (nSPS) is 10.5. The van der Waals surface area contributed by atoms with Gasteiger partial charge in [0.25, 0.3) is 0 Å². The molecule has 4 heteroatoms. The number of hydrazine groups is 1. The summed E-state index contributed by atoms with van der Waals surface area (Å²) in [4.78, 5) is 11.8. The van der Waals surface area contributed by atoms with Crippen molar-refractivity contribution in [3.63, 3.8) is 0 Å². The van der Waals surface area contributed by atoms with E-state index in [2.05, 4.69) is 38.3 Å². The smallest absolute Gasteiger partial charge is 0.337 e. The van der Waals surface area contributed by atoms with Gasteiger partial charge >= 0.3 is 5.97 Å². The zero-order valence-electron chi connectivity index (χ0n) is 16.1. The third kappa shape index (κ3) is 3.65. The standard InChI is InChI=1S/C23H24N2O2/c1-15-9-7-12-20(17(15)3)24-25(21-14-8-10-16(2)18(21)4)22-13-6-5-11-19(22)23(26)27/h5-14,24H,1-4H3,(H,26,27). The van der Waals surface area contributed by atoms with Gasteiger partial charge in [0.1, 0.15) is 0 Å². The van der Waals surface area contributed by atoms with Gasteiger partial charge in [0.05, 0.1) is 22.6 Å². The van der Waals surface area contributed by atoms with E-state index in [0.29, 0.717) is 5.69 Å². The van der Waals surface area contributed by atoms with Crippen LogP contribution in [-0.2, 0) is 0 Å². The summed E-state index contributed by atoms with van der Waals surface area (Å²) in [5, 5.41) is 11.6. The number of hydrogen-bond acceptors (Lipinski definition) is 3. The Labute approximate surface area is 160 Å². The van der Waals surface area contributed by atoms with Gasteiger partial charge in [-0.2, -0.15) is 0 Å². The SMILES string of the molecule is Cc1cccc(NN(c2ccccc2C(=O)O)c2cccc(C)c2C)c1C. The third-order valence-electron chi connectivity index (χ3n) is 5.03. The number of carbonyl (C=O) groups is 1. The van der Waals surface area contributed by atoms with Gasteiger partial charge in [-0.05, 0) is 74.2 Å². The Kier molecular flexibility index (Phi) is 5.17. The largest absolute Gasteiger partial charge is 0.478 e. The van der Waals surface area contributed by atoms with Crippen LogP contribution in [0.5, 0.6) is 0 Å². The van der Waals surface area contributed by atoms with Crippen molar-refractivity contribution in [1.29, 1.82) is 0 Å². The van der Waals surface area contributed by atoms with Crippen LogP contribution in [0.4, 0.5) is 17.1 Å². The number of rotatable bonds is 5. The van der Waals surface area contributed by atoms with Crippen LogP contribution in [-0.4, -0.2) is 11.1 Å². The van der Waals surface area contributed by atoms with E-state index >= 15 is 0 Å². The molecule has 3 aromatic carbocycles. The van der Waals surface area contributed by atoms with Crippen molar-refractivity contribution < 1.29 is 9.90 Å². The first kappa shape index (κ1) is 18.5.